The standard InChI is InChI=1S/C14H11BrN2O4/c1-8-7-9(15)5-6-11(8)16-14(19)10-3-2-4-12(13(10)18)17(20)21/h2-7,18H,1H3,(H,16,19). The largest absolute Gasteiger partial charge is 0.502 e. The Bertz CT molecular complexity index is 731. The van der Waals surface area contributed by atoms with Crippen molar-refractivity contribution in [2.45, 2.75) is 6.92 Å². The summed E-state index contributed by atoms with van der Waals surface area (Å²) in [5.41, 5.74) is 0.735. The Kier molecular flexibility index (Phi) is 4.23. The smallest absolute Gasteiger partial charge is 0.311 e. The number of anilines is 1. The van der Waals surface area contributed by atoms with Crippen LogP contribution in [0.1, 0.15) is 15.9 Å². The van der Waals surface area contributed by atoms with E-state index in [1.54, 1.807) is 12.1 Å². The average molecular weight is 351 g/mol. The number of para-hydroxylation sites is 1. The van der Waals surface area contributed by atoms with Gasteiger partial charge in [-0.25, -0.2) is 0 Å². The molecular weight excluding hydrogens is 340 g/mol. The van der Waals surface area contributed by atoms with E-state index in [2.05, 4.69) is 21.2 Å². The van der Waals surface area contributed by atoms with Gasteiger partial charge in [-0.3, -0.25) is 14.9 Å². The maximum Gasteiger partial charge on any atom is 0.311 e. The first-order valence-electron chi connectivity index (χ1n) is 5.94. The van der Waals surface area contributed by atoms with Crippen LogP contribution in [0.3, 0.4) is 0 Å². The van der Waals surface area contributed by atoms with Crippen molar-refractivity contribution in [2.24, 2.45) is 0 Å². The number of hydrogen-bond acceptors (Lipinski definition) is 4. The highest BCUT2D eigenvalue weighted by Gasteiger charge is 2.21. The molecule has 0 aliphatic carbocycles. The predicted molar refractivity (Wildman–Crippen MR) is 81.6 cm³/mol. The summed E-state index contributed by atoms with van der Waals surface area (Å²) >= 11 is 3.32. The number of nitro benzene ring substituents is 1. The third-order valence-electron chi connectivity index (χ3n) is 2.89. The zero-order valence-corrected chi connectivity index (χ0v) is 12.5. The van der Waals surface area contributed by atoms with Crippen molar-refractivity contribution in [2.75, 3.05) is 5.32 Å². The summed E-state index contributed by atoms with van der Waals surface area (Å²) in [4.78, 5) is 22.2. The Balaban J connectivity index is 2.33. The number of carbonyl (C=O) groups is 1. The number of nitrogens with one attached hydrogen (secondary N) is 1. The zero-order chi connectivity index (χ0) is 15.6. The molecule has 0 saturated carbocycles. The molecule has 0 aliphatic rings. The average Bonchev–Trinajstić information content (AvgIpc) is 2.41. The van der Waals surface area contributed by atoms with Crippen LogP contribution in [0.4, 0.5) is 11.4 Å². The van der Waals surface area contributed by atoms with Crippen LogP contribution in [-0.2, 0) is 0 Å². The van der Waals surface area contributed by atoms with E-state index in [4.69, 9.17) is 0 Å². The zero-order valence-electron chi connectivity index (χ0n) is 11.0. The molecule has 2 aromatic carbocycles. The molecule has 0 aliphatic heterocycles. The number of nitrogens with zero attached hydrogens (tertiary/aromatic N) is 1. The number of phenols is 1. The molecule has 2 aromatic rings. The number of benzene rings is 2. The van der Waals surface area contributed by atoms with Crippen molar-refractivity contribution < 1.29 is 14.8 Å². The van der Waals surface area contributed by atoms with Gasteiger partial charge in [0.05, 0.1) is 10.5 Å². The highest BCUT2D eigenvalue weighted by Crippen LogP contribution is 2.30. The van der Waals surface area contributed by atoms with E-state index >= 15 is 0 Å². The Morgan fingerprint density at radius 2 is 2.05 bits per heavy atom. The van der Waals surface area contributed by atoms with Gasteiger partial charge in [0.15, 0.2) is 0 Å². The van der Waals surface area contributed by atoms with Gasteiger partial charge in [0.25, 0.3) is 5.91 Å². The van der Waals surface area contributed by atoms with Gasteiger partial charge < -0.3 is 10.4 Å². The van der Waals surface area contributed by atoms with Crippen LogP contribution in [-0.4, -0.2) is 15.9 Å². The molecule has 0 unspecified atom stereocenters. The number of amides is 1. The number of rotatable bonds is 3. The SMILES string of the molecule is Cc1cc(Br)ccc1NC(=O)c1cccc([N+](=O)[O-])c1O. The van der Waals surface area contributed by atoms with Gasteiger partial charge in [0.1, 0.15) is 0 Å². The maximum atomic E-state index is 12.1. The predicted octanol–water partition coefficient (Wildman–Crippen LogP) is 3.62. The second kappa shape index (κ2) is 5.92. The molecule has 21 heavy (non-hydrogen) atoms. The summed E-state index contributed by atoms with van der Waals surface area (Å²) in [6, 6.07) is 9.09. The Hall–Kier alpha value is -2.41. The number of hydrogen-bond donors (Lipinski definition) is 2. The molecule has 0 fully saturated rings. The Labute approximate surface area is 128 Å². The first-order chi connectivity index (χ1) is 9.90. The molecule has 7 heteroatoms. The summed E-state index contributed by atoms with van der Waals surface area (Å²) in [7, 11) is 0. The molecule has 0 heterocycles. The van der Waals surface area contributed by atoms with Gasteiger partial charge >= 0.3 is 5.69 Å². The van der Waals surface area contributed by atoms with E-state index in [1.807, 2.05) is 13.0 Å². The number of aryl methyl sites for hydroxylation is 1. The first-order valence-corrected chi connectivity index (χ1v) is 6.73. The summed E-state index contributed by atoms with van der Waals surface area (Å²) in [5.74, 6) is -1.25. The maximum absolute atomic E-state index is 12.1. The summed E-state index contributed by atoms with van der Waals surface area (Å²) < 4.78 is 0.871. The fourth-order valence-corrected chi connectivity index (χ4v) is 2.29. The van der Waals surface area contributed by atoms with E-state index in [0.717, 1.165) is 16.1 Å². The third kappa shape index (κ3) is 3.19. The molecule has 0 atom stereocenters. The van der Waals surface area contributed by atoms with E-state index in [-0.39, 0.29) is 5.56 Å². The van der Waals surface area contributed by atoms with Gasteiger partial charge in [-0.2, -0.15) is 0 Å². The highest BCUT2D eigenvalue weighted by atomic mass is 79.9. The number of nitro groups is 1. The van der Waals surface area contributed by atoms with Crippen LogP contribution in [0.15, 0.2) is 40.9 Å². The fraction of sp³-hybridized carbons (Fsp3) is 0.0714. The lowest BCUT2D eigenvalue weighted by atomic mass is 10.1. The third-order valence-corrected chi connectivity index (χ3v) is 3.39. The van der Waals surface area contributed by atoms with Gasteiger partial charge in [-0.1, -0.05) is 22.0 Å². The van der Waals surface area contributed by atoms with Crippen LogP contribution >= 0.6 is 15.9 Å². The minimum Gasteiger partial charge on any atom is -0.502 e. The van der Waals surface area contributed by atoms with Crippen LogP contribution in [0.2, 0.25) is 0 Å². The minimum absolute atomic E-state index is 0.147. The second-order valence-electron chi connectivity index (χ2n) is 4.34. The van der Waals surface area contributed by atoms with Crippen molar-refractivity contribution in [3.05, 3.63) is 62.1 Å². The molecule has 0 spiro atoms. The summed E-state index contributed by atoms with van der Waals surface area (Å²) in [6.07, 6.45) is 0. The molecule has 2 N–H and O–H groups in total. The molecule has 2 rings (SSSR count). The molecule has 0 bridgehead atoms. The van der Waals surface area contributed by atoms with Crippen molar-refractivity contribution in [3.8, 4) is 5.75 Å². The number of aromatic hydroxyl groups is 1. The molecule has 0 saturated heterocycles. The molecule has 0 aromatic heterocycles. The number of halogens is 1. The molecular formula is C14H11BrN2O4. The van der Waals surface area contributed by atoms with E-state index in [1.165, 1.54) is 12.1 Å². The highest BCUT2D eigenvalue weighted by molar-refractivity contribution is 9.10. The molecule has 1 amide bonds. The second-order valence-corrected chi connectivity index (χ2v) is 5.26. The van der Waals surface area contributed by atoms with Crippen LogP contribution in [0.25, 0.3) is 0 Å². The minimum atomic E-state index is -0.739. The lowest BCUT2D eigenvalue weighted by molar-refractivity contribution is -0.385. The van der Waals surface area contributed by atoms with Crippen LogP contribution in [0.5, 0.6) is 5.75 Å². The molecule has 0 radical (unpaired) electrons. The Morgan fingerprint density at radius 3 is 2.67 bits per heavy atom. The monoisotopic (exact) mass is 350 g/mol. The number of phenolic OH excluding ortho intramolecular Hbond substituents is 1. The van der Waals surface area contributed by atoms with Gasteiger partial charge in [-0.15, -0.1) is 0 Å². The van der Waals surface area contributed by atoms with Crippen LogP contribution < -0.4 is 5.32 Å². The van der Waals surface area contributed by atoms with Crippen molar-refractivity contribution in [1.29, 1.82) is 0 Å². The molecule has 6 nitrogen and oxygen atoms in total. The normalized spacial score (nSPS) is 10.2. The van der Waals surface area contributed by atoms with Crippen LogP contribution in [0, 0.1) is 17.0 Å². The lowest BCUT2D eigenvalue weighted by Crippen LogP contribution is -2.13. The van der Waals surface area contributed by atoms with Crippen molar-refractivity contribution in [3.63, 3.8) is 0 Å². The fourth-order valence-electron chi connectivity index (χ4n) is 1.82. The first kappa shape index (κ1) is 15.0. The van der Waals surface area contributed by atoms with Crippen molar-refractivity contribution >= 4 is 33.2 Å². The summed E-state index contributed by atoms with van der Waals surface area (Å²) in [5, 5.41) is 23.2. The molecule has 108 valence electrons. The number of carbonyl (C=O) groups excluding carboxylic acids is 1. The van der Waals surface area contributed by atoms with Gasteiger partial charge in [0, 0.05) is 16.2 Å². The van der Waals surface area contributed by atoms with E-state index < -0.39 is 22.3 Å². The van der Waals surface area contributed by atoms with E-state index in [0.29, 0.717) is 5.69 Å². The Morgan fingerprint density at radius 1 is 1.33 bits per heavy atom. The van der Waals surface area contributed by atoms with Gasteiger partial charge in [0.2, 0.25) is 5.75 Å². The topological polar surface area (TPSA) is 92.5 Å². The van der Waals surface area contributed by atoms with Crippen molar-refractivity contribution in [1.82, 2.24) is 0 Å². The summed E-state index contributed by atoms with van der Waals surface area (Å²) in [6.45, 7) is 1.81. The quantitative estimate of drug-likeness (QED) is 0.652. The van der Waals surface area contributed by atoms with E-state index in [9.17, 15) is 20.0 Å². The van der Waals surface area contributed by atoms with Gasteiger partial charge in [-0.05, 0) is 36.8 Å². The lowest BCUT2D eigenvalue weighted by Gasteiger charge is -2.09.